The van der Waals surface area contributed by atoms with E-state index in [0.717, 1.165) is 21.5 Å². The van der Waals surface area contributed by atoms with Crippen LogP contribution in [0.15, 0.2) is 12.4 Å². The van der Waals surface area contributed by atoms with Gasteiger partial charge in [-0.1, -0.05) is 13.8 Å². The van der Waals surface area contributed by atoms with Crippen LogP contribution in [-0.2, 0) is 13.5 Å². The molecule has 2 N–H and O–H groups in total. The molecule has 0 aromatic carbocycles. The Morgan fingerprint density at radius 2 is 2.11 bits per heavy atom. The summed E-state index contributed by atoms with van der Waals surface area (Å²) in [4.78, 5) is 13.2. The molecule has 0 saturated heterocycles. The number of aryl methyl sites for hydroxylation is 1. The van der Waals surface area contributed by atoms with E-state index < -0.39 is 0 Å². The number of anilines is 1. The second-order valence-electron chi connectivity index (χ2n) is 4.65. The van der Waals surface area contributed by atoms with Crippen LogP contribution in [0.3, 0.4) is 0 Å². The van der Waals surface area contributed by atoms with Crippen molar-refractivity contribution in [1.82, 2.24) is 19.5 Å². The van der Waals surface area contributed by atoms with Crippen molar-refractivity contribution in [3.8, 4) is 11.6 Å². The number of nitrogen functional groups attached to an aromatic ring is 1. The topological polar surface area (TPSA) is 69.6 Å². The molecule has 0 radical (unpaired) electrons. The average molecular weight is 357 g/mol. The number of nitrogens with zero attached hydrogens (tertiary/aromatic N) is 4. The fourth-order valence-corrected chi connectivity index (χ4v) is 2.18. The van der Waals surface area contributed by atoms with E-state index in [2.05, 4.69) is 51.4 Å². The molecule has 6 heteroatoms. The van der Waals surface area contributed by atoms with E-state index in [-0.39, 0.29) is 0 Å². The lowest BCUT2D eigenvalue weighted by atomic mass is 10.1. The third-order valence-electron chi connectivity index (χ3n) is 2.57. The smallest absolute Gasteiger partial charge is 0.198 e. The van der Waals surface area contributed by atoms with Gasteiger partial charge in [-0.05, 0) is 34.9 Å². The summed E-state index contributed by atoms with van der Waals surface area (Å²) in [5.74, 6) is 2.39. The van der Waals surface area contributed by atoms with Gasteiger partial charge in [0, 0.05) is 19.4 Å². The SMILES string of the molecule is CC(C)Cc1nc(-c2nccn2C)nc(N)c1I. The minimum atomic E-state index is 0.527. The zero-order valence-electron chi connectivity index (χ0n) is 10.7. The van der Waals surface area contributed by atoms with Crippen LogP contribution in [0.2, 0.25) is 0 Å². The molecule has 0 saturated carbocycles. The summed E-state index contributed by atoms with van der Waals surface area (Å²) in [6, 6.07) is 0. The summed E-state index contributed by atoms with van der Waals surface area (Å²) in [6.07, 6.45) is 4.49. The van der Waals surface area contributed by atoms with Gasteiger partial charge in [0.05, 0.1) is 9.26 Å². The molecule has 5 nitrogen and oxygen atoms in total. The summed E-state index contributed by atoms with van der Waals surface area (Å²) in [7, 11) is 1.92. The maximum Gasteiger partial charge on any atom is 0.198 e. The van der Waals surface area contributed by atoms with Crippen LogP contribution in [0.5, 0.6) is 0 Å². The molecule has 0 unspecified atom stereocenters. The van der Waals surface area contributed by atoms with Crippen molar-refractivity contribution in [1.29, 1.82) is 0 Å². The Morgan fingerprint density at radius 1 is 1.39 bits per heavy atom. The summed E-state index contributed by atoms with van der Waals surface area (Å²) in [5.41, 5.74) is 6.95. The predicted octanol–water partition coefficient (Wildman–Crippen LogP) is 2.26. The van der Waals surface area contributed by atoms with E-state index in [4.69, 9.17) is 5.73 Å². The van der Waals surface area contributed by atoms with Crippen LogP contribution >= 0.6 is 22.6 Å². The van der Waals surface area contributed by atoms with E-state index in [0.29, 0.717) is 17.6 Å². The molecular weight excluding hydrogens is 341 g/mol. The van der Waals surface area contributed by atoms with Crippen LogP contribution in [0.4, 0.5) is 5.82 Å². The van der Waals surface area contributed by atoms with Crippen molar-refractivity contribution >= 4 is 28.4 Å². The van der Waals surface area contributed by atoms with Crippen molar-refractivity contribution in [3.05, 3.63) is 21.7 Å². The van der Waals surface area contributed by atoms with E-state index in [1.807, 2.05) is 17.8 Å². The molecular formula is C12H16IN5. The van der Waals surface area contributed by atoms with Gasteiger partial charge in [-0.3, -0.25) is 0 Å². The Morgan fingerprint density at radius 3 is 2.67 bits per heavy atom. The number of hydrogen-bond donors (Lipinski definition) is 1. The lowest BCUT2D eigenvalue weighted by molar-refractivity contribution is 0.632. The number of rotatable bonds is 3. The zero-order chi connectivity index (χ0) is 13.3. The van der Waals surface area contributed by atoms with Crippen LogP contribution < -0.4 is 5.73 Å². The summed E-state index contributed by atoms with van der Waals surface area (Å²) < 4.78 is 2.83. The molecule has 2 rings (SSSR count). The molecule has 0 atom stereocenters. The molecule has 18 heavy (non-hydrogen) atoms. The van der Waals surface area contributed by atoms with Gasteiger partial charge in [0.2, 0.25) is 0 Å². The van der Waals surface area contributed by atoms with Crippen molar-refractivity contribution in [2.24, 2.45) is 13.0 Å². The first-order valence-electron chi connectivity index (χ1n) is 5.78. The molecule has 0 aliphatic rings. The van der Waals surface area contributed by atoms with Gasteiger partial charge in [-0.2, -0.15) is 0 Å². The molecule has 2 aromatic heterocycles. The number of halogens is 1. The summed E-state index contributed by atoms with van der Waals surface area (Å²) in [6.45, 7) is 4.32. The van der Waals surface area contributed by atoms with E-state index in [9.17, 15) is 0 Å². The van der Waals surface area contributed by atoms with Gasteiger partial charge >= 0.3 is 0 Å². The maximum atomic E-state index is 5.96. The normalized spacial score (nSPS) is 11.2. The second kappa shape index (κ2) is 5.21. The van der Waals surface area contributed by atoms with Gasteiger partial charge in [0.15, 0.2) is 11.6 Å². The van der Waals surface area contributed by atoms with Gasteiger partial charge in [-0.15, -0.1) is 0 Å². The first-order chi connectivity index (χ1) is 8.49. The monoisotopic (exact) mass is 357 g/mol. The predicted molar refractivity (Wildman–Crippen MR) is 79.9 cm³/mol. The van der Waals surface area contributed by atoms with Gasteiger partial charge in [-0.25, -0.2) is 15.0 Å². The van der Waals surface area contributed by atoms with Crippen LogP contribution in [0, 0.1) is 9.49 Å². The Hall–Kier alpha value is -1.18. The number of hydrogen-bond acceptors (Lipinski definition) is 4. The first kappa shape index (κ1) is 13.3. The Kier molecular flexibility index (Phi) is 3.84. The highest BCUT2D eigenvalue weighted by Crippen LogP contribution is 2.22. The van der Waals surface area contributed by atoms with Crippen molar-refractivity contribution in [2.75, 3.05) is 5.73 Å². The Labute approximate surface area is 120 Å². The first-order valence-corrected chi connectivity index (χ1v) is 6.86. The van der Waals surface area contributed by atoms with Crippen molar-refractivity contribution in [3.63, 3.8) is 0 Å². The summed E-state index contributed by atoms with van der Waals surface area (Å²) in [5, 5.41) is 0. The van der Waals surface area contributed by atoms with Crippen LogP contribution in [-0.4, -0.2) is 19.5 Å². The minimum absolute atomic E-state index is 0.527. The Balaban J connectivity index is 2.51. The molecule has 2 heterocycles. The number of aromatic nitrogens is 4. The Bertz CT molecular complexity index is 562. The molecule has 0 bridgehead atoms. The fraction of sp³-hybridized carbons (Fsp3) is 0.417. The van der Waals surface area contributed by atoms with Crippen molar-refractivity contribution < 1.29 is 0 Å². The largest absolute Gasteiger partial charge is 0.383 e. The average Bonchev–Trinajstić information content (AvgIpc) is 2.70. The maximum absolute atomic E-state index is 5.96. The minimum Gasteiger partial charge on any atom is -0.383 e. The van der Waals surface area contributed by atoms with Gasteiger partial charge in [0.25, 0.3) is 0 Å². The lowest BCUT2D eigenvalue weighted by Crippen LogP contribution is -2.09. The van der Waals surface area contributed by atoms with Gasteiger partial charge in [0.1, 0.15) is 5.82 Å². The number of imidazole rings is 1. The highest BCUT2D eigenvalue weighted by atomic mass is 127. The van der Waals surface area contributed by atoms with E-state index >= 15 is 0 Å². The summed E-state index contributed by atoms with van der Waals surface area (Å²) >= 11 is 2.20. The molecule has 2 aromatic rings. The molecule has 0 fully saturated rings. The molecule has 0 aliphatic heterocycles. The standard InChI is InChI=1S/C12H16IN5/c1-7(2)6-8-9(13)10(14)17-11(16-8)12-15-4-5-18(12)3/h4-5,7H,6H2,1-3H3,(H2,14,16,17). The van der Waals surface area contributed by atoms with Gasteiger partial charge < -0.3 is 10.3 Å². The van der Waals surface area contributed by atoms with E-state index in [1.165, 1.54) is 0 Å². The lowest BCUT2D eigenvalue weighted by Gasteiger charge is -2.10. The molecule has 0 amide bonds. The van der Waals surface area contributed by atoms with Crippen molar-refractivity contribution in [2.45, 2.75) is 20.3 Å². The molecule has 0 aliphatic carbocycles. The third-order valence-corrected chi connectivity index (χ3v) is 3.74. The third kappa shape index (κ3) is 2.63. The quantitative estimate of drug-likeness (QED) is 0.856. The molecule has 0 spiro atoms. The fourth-order valence-electron chi connectivity index (χ4n) is 1.72. The number of nitrogens with two attached hydrogens (primary N) is 1. The molecule has 96 valence electrons. The highest BCUT2D eigenvalue weighted by molar-refractivity contribution is 14.1. The second-order valence-corrected chi connectivity index (χ2v) is 5.73. The van der Waals surface area contributed by atoms with E-state index in [1.54, 1.807) is 6.20 Å². The van der Waals surface area contributed by atoms with Crippen LogP contribution in [0.1, 0.15) is 19.5 Å². The zero-order valence-corrected chi connectivity index (χ0v) is 12.8. The highest BCUT2D eigenvalue weighted by Gasteiger charge is 2.14. The van der Waals surface area contributed by atoms with Crippen LogP contribution in [0.25, 0.3) is 11.6 Å².